The molecule has 30 heavy (non-hydrogen) atoms. The second-order valence-electron chi connectivity index (χ2n) is 8.69. The summed E-state index contributed by atoms with van der Waals surface area (Å²) in [4.78, 5) is 40.0. The minimum atomic E-state index is -0.828. The van der Waals surface area contributed by atoms with Crippen LogP contribution in [0.3, 0.4) is 0 Å². The number of nitrogens with zero attached hydrogens (tertiary/aromatic N) is 2. The van der Waals surface area contributed by atoms with Gasteiger partial charge < -0.3 is 5.32 Å². The predicted octanol–water partition coefficient (Wildman–Crippen LogP) is 3.54. The summed E-state index contributed by atoms with van der Waals surface area (Å²) < 4.78 is 0. The van der Waals surface area contributed by atoms with Gasteiger partial charge in [0.25, 0.3) is 5.91 Å². The number of hydrogen-bond acceptors (Lipinski definition) is 4. The SMILES string of the molecule is CC(c1ccc(Cl)cc1)N(CCC(=O)NN1C(=O)NC2(CCCCC2)C1=O)C1CC1. The number of imide groups is 1. The lowest BCUT2D eigenvalue weighted by atomic mass is 9.82. The van der Waals surface area contributed by atoms with Crippen molar-refractivity contribution in [2.75, 3.05) is 6.54 Å². The molecule has 1 heterocycles. The van der Waals surface area contributed by atoms with E-state index in [9.17, 15) is 14.4 Å². The summed E-state index contributed by atoms with van der Waals surface area (Å²) in [6.45, 7) is 2.69. The molecule has 0 radical (unpaired) electrons. The fourth-order valence-corrected chi connectivity index (χ4v) is 4.78. The minimum Gasteiger partial charge on any atom is -0.322 e. The van der Waals surface area contributed by atoms with E-state index in [2.05, 4.69) is 22.6 Å². The van der Waals surface area contributed by atoms with Crippen molar-refractivity contribution in [2.45, 2.75) is 75.9 Å². The summed E-state index contributed by atoms with van der Waals surface area (Å²) in [5, 5.41) is 4.40. The van der Waals surface area contributed by atoms with Gasteiger partial charge >= 0.3 is 6.03 Å². The molecule has 4 rings (SSSR count). The van der Waals surface area contributed by atoms with E-state index in [1.807, 2.05) is 24.3 Å². The van der Waals surface area contributed by atoms with Crippen LogP contribution >= 0.6 is 11.6 Å². The van der Waals surface area contributed by atoms with Crippen LogP contribution in [-0.2, 0) is 9.59 Å². The fourth-order valence-electron chi connectivity index (χ4n) is 4.66. The molecule has 2 N–H and O–H groups in total. The summed E-state index contributed by atoms with van der Waals surface area (Å²) in [6.07, 6.45) is 6.62. The maximum Gasteiger partial charge on any atom is 0.344 e. The molecule has 0 bridgehead atoms. The first-order valence-corrected chi connectivity index (χ1v) is 11.2. The van der Waals surface area contributed by atoms with Crippen LogP contribution in [0.25, 0.3) is 0 Å². The second kappa shape index (κ2) is 8.55. The molecule has 1 atom stereocenters. The first kappa shape index (κ1) is 21.1. The Morgan fingerprint density at radius 1 is 1.23 bits per heavy atom. The molecule has 2 aliphatic carbocycles. The number of benzene rings is 1. The number of hydrazine groups is 1. The van der Waals surface area contributed by atoms with Crippen molar-refractivity contribution < 1.29 is 14.4 Å². The van der Waals surface area contributed by atoms with Gasteiger partial charge in [-0.25, -0.2) is 4.79 Å². The molecule has 1 aliphatic heterocycles. The highest BCUT2D eigenvalue weighted by atomic mass is 35.5. The first-order valence-electron chi connectivity index (χ1n) is 10.9. The standard InChI is InChI=1S/C22H29ClN4O3/c1-15(16-5-7-17(23)8-6-16)26(18-9-10-18)14-11-19(28)25-27-20(29)22(24-21(27)30)12-3-2-4-13-22/h5-8,15,18H,2-4,9-14H2,1H3,(H,24,30)(H,25,28). The normalized spacial score (nSPS) is 21.8. The number of carbonyl (C=O) groups excluding carboxylic acids is 3. The van der Waals surface area contributed by atoms with Crippen LogP contribution in [0.15, 0.2) is 24.3 Å². The fraction of sp³-hybridized carbons (Fsp3) is 0.591. The Morgan fingerprint density at radius 2 is 1.90 bits per heavy atom. The van der Waals surface area contributed by atoms with Crippen molar-refractivity contribution in [3.63, 3.8) is 0 Å². The van der Waals surface area contributed by atoms with Gasteiger partial charge in [0, 0.05) is 30.1 Å². The van der Waals surface area contributed by atoms with Gasteiger partial charge in [-0.15, -0.1) is 0 Å². The third kappa shape index (κ3) is 4.32. The Bertz CT molecular complexity index is 818. The zero-order valence-corrected chi connectivity index (χ0v) is 18.1. The molecule has 2 saturated carbocycles. The van der Waals surface area contributed by atoms with Crippen molar-refractivity contribution in [3.8, 4) is 0 Å². The van der Waals surface area contributed by atoms with Crippen LogP contribution in [0.2, 0.25) is 5.02 Å². The van der Waals surface area contributed by atoms with Crippen molar-refractivity contribution in [3.05, 3.63) is 34.9 Å². The Balaban J connectivity index is 1.34. The maximum atomic E-state index is 12.8. The lowest BCUT2D eigenvalue weighted by molar-refractivity contribution is -0.140. The molecule has 3 aliphatic rings. The van der Waals surface area contributed by atoms with E-state index in [0.29, 0.717) is 30.5 Å². The maximum absolute atomic E-state index is 12.8. The van der Waals surface area contributed by atoms with Crippen LogP contribution < -0.4 is 10.7 Å². The molecule has 1 unspecified atom stereocenters. The topological polar surface area (TPSA) is 81.8 Å². The molecular weight excluding hydrogens is 404 g/mol. The van der Waals surface area contributed by atoms with Crippen molar-refractivity contribution in [2.24, 2.45) is 0 Å². The smallest absolute Gasteiger partial charge is 0.322 e. The van der Waals surface area contributed by atoms with Crippen molar-refractivity contribution in [1.29, 1.82) is 0 Å². The molecule has 1 aromatic carbocycles. The quantitative estimate of drug-likeness (QED) is 0.645. The summed E-state index contributed by atoms with van der Waals surface area (Å²) >= 11 is 6.00. The average Bonchev–Trinajstić information content (AvgIpc) is 3.54. The number of nitrogens with one attached hydrogen (secondary N) is 2. The molecular formula is C22H29ClN4O3. The Labute approximate surface area is 182 Å². The molecule has 4 amide bonds. The van der Waals surface area contributed by atoms with Gasteiger partial charge in [0.15, 0.2) is 0 Å². The minimum absolute atomic E-state index is 0.157. The molecule has 0 aromatic heterocycles. The third-order valence-electron chi connectivity index (χ3n) is 6.57. The highest BCUT2D eigenvalue weighted by molar-refractivity contribution is 6.30. The Hall–Kier alpha value is -2.12. The number of carbonyl (C=O) groups is 3. The number of hydrogen-bond donors (Lipinski definition) is 2. The van der Waals surface area contributed by atoms with Gasteiger partial charge in [0.1, 0.15) is 5.54 Å². The lowest BCUT2D eigenvalue weighted by Gasteiger charge is -2.30. The van der Waals surface area contributed by atoms with Crippen LogP contribution in [0.1, 0.15) is 69.9 Å². The molecule has 1 spiro atoms. The Kier molecular flexibility index (Phi) is 6.02. The van der Waals surface area contributed by atoms with E-state index < -0.39 is 11.6 Å². The monoisotopic (exact) mass is 432 g/mol. The van der Waals surface area contributed by atoms with Gasteiger partial charge in [-0.2, -0.15) is 5.01 Å². The number of amides is 4. The van der Waals surface area contributed by atoms with E-state index >= 15 is 0 Å². The highest BCUT2D eigenvalue weighted by Crippen LogP contribution is 2.35. The third-order valence-corrected chi connectivity index (χ3v) is 6.82. The van der Waals surface area contributed by atoms with Crippen LogP contribution in [0, 0.1) is 0 Å². The molecule has 162 valence electrons. The van der Waals surface area contributed by atoms with Crippen molar-refractivity contribution >= 4 is 29.4 Å². The lowest BCUT2D eigenvalue weighted by Crippen LogP contribution is -2.51. The van der Waals surface area contributed by atoms with Gasteiger partial charge in [-0.3, -0.25) is 19.9 Å². The predicted molar refractivity (Wildman–Crippen MR) is 114 cm³/mol. The van der Waals surface area contributed by atoms with Crippen LogP contribution in [-0.4, -0.2) is 45.9 Å². The summed E-state index contributed by atoms with van der Waals surface area (Å²) in [5.41, 5.74) is 2.86. The summed E-state index contributed by atoms with van der Waals surface area (Å²) in [7, 11) is 0. The van der Waals surface area contributed by atoms with Gasteiger partial charge in [-0.05, 0) is 50.3 Å². The highest BCUT2D eigenvalue weighted by Gasteiger charge is 2.52. The largest absolute Gasteiger partial charge is 0.344 e. The Morgan fingerprint density at radius 3 is 2.53 bits per heavy atom. The van der Waals surface area contributed by atoms with Gasteiger partial charge in [0.2, 0.25) is 5.91 Å². The number of halogens is 1. The van der Waals surface area contributed by atoms with E-state index in [1.165, 1.54) is 0 Å². The van der Waals surface area contributed by atoms with Crippen LogP contribution in [0.4, 0.5) is 4.79 Å². The number of urea groups is 1. The number of rotatable bonds is 7. The van der Waals surface area contributed by atoms with E-state index in [0.717, 1.165) is 42.7 Å². The van der Waals surface area contributed by atoms with Gasteiger partial charge in [0.05, 0.1) is 0 Å². The summed E-state index contributed by atoms with van der Waals surface area (Å²) in [5.74, 6) is -0.644. The van der Waals surface area contributed by atoms with E-state index in [-0.39, 0.29) is 24.3 Å². The van der Waals surface area contributed by atoms with Crippen LogP contribution in [0.5, 0.6) is 0 Å². The molecule has 1 aromatic rings. The van der Waals surface area contributed by atoms with Crippen molar-refractivity contribution in [1.82, 2.24) is 20.7 Å². The zero-order chi connectivity index (χ0) is 21.3. The van der Waals surface area contributed by atoms with E-state index in [4.69, 9.17) is 11.6 Å². The van der Waals surface area contributed by atoms with E-state index in [1.54, 1.807) is 0 Å². The molecule has 3 fully saturated rings. The zero-order valence-electron chi connectivity index (χ0n) is 17.3. The van der Waals surface area contributed by atoms with Gasteiger partial charge in [-0.1, -0.05) is 43.0 Å². The summed E-state index contributed by atoms with van der Waals surface area (Å²) in [6, 6.07) is 7.88. The molecule has 1 saturated heterocycles. The average molecular weight is 433 g/mol. The second-order valence-corrected chi connectivity index (χ2v) is 9.13. The first-order chi connectivity index (χ1) is 14.4. The molecule has 7 nitrogen and oxygen atoms in total. The molecule has 8 heteroatoms.